The molecule has 3 aliphatic heterocycles. The summed E-state index contributed by atoms with van der Waals surface area (Å²) in [6.07, 6.45) is 2.49. The predicted molar refractivity (Wildman–Crippen MR) is 106 cm³/mol. The molecule has 1 aromatic heterocycles. The van der Waals surface area contributed by atoms with Gasteiger partial charge in [-0.3, -0.25) is 14.8 Å². The van der Waals surface area contributed by atoms with E-state index in [0.717, 1.165) is 63.8 Å². The molecule has 0 unspecified atom stereocenters. The first-order valence-corrected chi connectivity index (χ1v) is 10.3. The molecule has 1 atom stereocenters. The van der Waals surface area contributed by atoms with Gasteiger partial charge in [0.2, 0.25) is 0 Å². The standard InChI is InChI=1S/C22H29N3O2/c1-2-4-21-19(3-1)5-6-20(23-21)14-25-16-22(17-25)8-7-18(15-27-22)13-24-9-11-26-12-10-24/h1-6,18H,7-17H2/t18-/m1/s1. The van der Waals surface area contributed by atoms with E-state index in [0.29, 0.717) is 5.92 Å². The zero-order valence-electron chi connectivity index (χ0n) is 16.0. The number of ether oxygens (including phenoxy) is 2. The van der Waals surface area contributed by atoms with Crippen LogP contribution in [0.4, 0.5) is 0 Å². The third kappa shape index (κ3) is 3.87. The van der Waals surface area contributed by atoms with E-state index in [2.05, 4.69) is 46.2 Å². The summed E-state index contributed by atoms with van der Waals surface area (Å²) < 4.78 is 11.8. The molecule has 0 bridgehead atoms. The largest absolute Gasteiger partial charge is 0.379 e. The van der Waals surface area contributed by atoms with Crippen LogP contribution in [0.2, 0.25) is 0 Å². The highest BCUT2D eigenvalue weighted by molar-refractivity contribution is 5.78. The van der Waals surface area contributed by atoms with Crippen molar-refractivity contribution in [3.05, 3.63) is 42.1 Å². The first-order chi connectivity index (χ1) is 13.3. The van der Waals surface area contributed by atoms with Gasteiger partial charge in [-0.2, -0.15) is 0 Å². The van der Waals surface area contributed by atoms with Crippen molar-refractivity contribution in [1.29, 1.82) is 0 Å². The number of fused-ring (bicyclic) bond motifs is 1. The van der Waals surface area contributed by atoms with Crippen molar-refractivity contribution in [1.82, 2.24) is 14.8 Å². The summed E-state index contributed by atoms with van der Waals surface area (Å²) in [5.41, 5.74) is 2.35. The highest BCUT2D eigenvalue weighted by atomic mass is 16.5. The Hall–Kier alpha value is -1.53. The van der Waals surface area contributed by atoms with Crippen molar-refractivity contribution in [3.8, 4) is 0 Å². The van der Waals surface area contributed by atoms with Gasteiger partial charge in [0.1, 0.15) is 0 Å². The van der Waals surface area contributed by atoms with E-state index >= 15 is 0 Å². The van der Waals surface area contributed by atoms with Crippen LogP contribution in [0.25, 0.3) is 10.9 Å². The van der Waals surface area contributed by atoms with Crippen molar-refractivity contribution in [2.24, 2.45) is 5.92 Å². The summed E-state index contributed by atoms with van der Waals surface area (Å²) in [6.45, 7) is 9.03. The fourth-order valence-electron chi connectivity index (χ4n) is 4.77. The normalized spacial score (nSPS) is 26.3. The molecule has 5 rings (SSSR count). The van der Waals surface area contributed by atoms with Crippen LogP contribution in [0, 0.1) is 5.92 Å². The van der Waals surface area contributed by atoms with Crippen LogP contribution in [0.5, 0.6) is 0 Å². The van der Waals surface area contributed by atoms with Crippen molar-refractivity contribution in [2.75, 3.05) is 52.5 Å². The van der Waals surface area contributed by atoms with E-state index in [1.165, 1.54) is 24.8 Å². The van der Waals surface area contributed by atoms with Gasteiger partial charge in [-0.05, 0) is 30.9 Å². The Morgan fingerprint density at radius 3 is 2.70 bits per heavy atom. The highest BCUT2D eigenvalue weighted by Crippen LogP contribution is 2.37. The highest BCUT2D eigenvalue weighted by Gasteiger charge is 2.46. The fourth-order valence-corrected chi connectivity index (χ4v) is 4.77. The number of morpholine rings is 1. The molecule has 27 heavy (non-hydrogen) atoms. The van der Waals surface area contributed by atoms with Crippen molar-refractivity contribution in [3.63, 3.8) is 0 Å². The number of rotatable bonds is 4. The van der Waals surface area contributed by atoms with Gasteiger partial charge in [0.25, 0.3) is 0 Å². The zero-order chi connectivity index (χ0) is 18.1. The second kappa shape index (κ2) is 7.47. The predicted octanol–water partition coefficient (Wildman–Crippen LogP) is 2.55. The SMILES string of the molecule is c1ccc2nc(CN3CC4(CC[C@H](CN5CCOCC5)CO4)C3)ccc2c1. The first kappa shape index (κ1) is 17.6. The molecule has 3 aliphatic rings. The monoisotopic (exact) mass is 367 g/mol. The van der Waals surface area contributed by atoms with E-state index in [1.54, 1.807) is 0 Å². The van der Waals surface area contributed by atoms with Crippen LogP contribution in [-0.4, -0.2) is 72.9 Å². The van der Waals surface area contributed by atoms with Crippen LogP contribution < -0.4 is 0 Å². The number of aromatic nitrogens is 1. The molecule has 0 radical (unpaired) electrons. The van der Waals surface area contributed by atoms with Crippen LogP contribution in [0.15, 0.2) is 36.4 Å². The third-order valence-corrected chi connectivity index (χ3v) is 6.32. The Bertz CT molecular complexity index is 774. The summed E-state index contributed by atoms with van der Waals surface area (Å²) in [7, 11) is 0. The lowest BCUT2D eigenvalue weighted by Gasteiger charge is -2.53. The Labute approximate surface area is 161 Å². The Kier molecular flexibility index (Phi) is 4.86. The fraction of sp³-hybridized carbons (Fsp3) is 0.591. The molecule has 2 aromatic rings. The lowest BCUT2D eigenvalue weighted by Crippen LogP contribution is -2.64. The average Bonchev–Trinajstić information content (AvgIpc) is 2.69. The summed E-state index contributed by atoms with van der Waals surface area (Å²) in [6, 6.07) is 12.7. The van der Waals surface area contributed by atoms with Crippen LogP contribution in [-0.2, 0) is 16.0 Å². The van der Waals surface area contributed by atoms with E-state index in [-0.39, 0.29) is 5.60 Å². The van der Waals surface area contributed by atoms with Crippen LogP contribution >= 0.6 is 0 Å². The summed E-state index contributed by atoms with van der Waals surface area (Å²) in [5, 5.41) is 1.21. The van der Waals surface area contributed by atoms with Crippen molar-refractivity contribution >= 4 is 10.9 Å². The Morgan fingerprint density at radius 2 is 1.89 bits per heavy atom. The molecule has 4 heterocycles. The van der Waals surface area contributed by atoms with E-state index < -0.39 is 0 Å². The smallest absolute Gasteiger partial charge is 0.0935 e. The Morgan fingerprint density at radius 1 is 1.04 bits per heavy atom. The van der Waals surface area contributed by atoms with Gasteiger partial charge in [0.05, 0.1) is 36.6 Å². The molecule has 0 aliphatic carbocycles. The molecular formula is C22H29N3O2. The molecule has 1 spiro atoms. The number of likely N-dealkylation sites (tertiary alicyclic amines) is 1. The second-order valence-corrected chi connectivity index (χ2v) is 8.45. The number of nitrogens with zero attached hydrogens (tertiary/aromatic N) is 3. The minimum atomic E-state index is 0.109. The number of para-hydroxylation sites is 1. The summed E-state index contributed by atoms with van der Waals surface area (Å²) in [4.78, 5) is 9.82. The molecule has 3 saturated heterocycles. The molecular weight excluding hydrogens is 338 g/mol. The zero-order valence-corrected chi connectivity index (χ0v) is 16.0. The topological polar surface area (TPSA) is 37.8 Å². The Balaban J connectivity index is 1.11. The number of benzene rings is 1. The number of pyridine rings is 1. The lowest BCUT2D eigenvalue weighted by molar-refractivity contribution is -0.184. The van der Waals surface area contributed by atoms with Gasteiger partial charge in [-0.15, -0.1) is 0 Å². The molecule has 5 nitrogen and oxygen atoms in total. The second-order valence-electron chi connectivity index (χ2n) is 8.45. The number of hydrogen-bond donors (Lipinski definition) is 0. The summed E-state index contributed by atoms with van der Waals surface area (Å²) >= 11 is 0. The molecule has 3 fully saturated rings. The van der Waals surface area contributed by atoms with Gasteiger partial charge in [-0.25, -0.2) is 0 Å². The maximum Gasteiger partial charge on any atom is 0.0935 e. The van der Waals surface area contributed by atoms with Gasteiger partial charge in [-0.1, -0.05) is 24.3 Å². The third-order valence-electron chi connectivity index (χ3n) is 6.32. The molecule has 0 N–H and O–H groups in total. The molecule has 5 heteroatoms. The van der Waals surface area contributed by atoms with E-state index in [1.807, 2.05) is 0 Å². The average molecular weight is 367 g/mol. The van der Waals surface area contributed by atoms with Crippen LogP contribution in [0.3, 0.4) is 0 Å². The minimum absolute atomic E-state index is 0.109. The quantitative estimate of drug-likeness (QED) is 0.830. The van der Waals surface area contributed by atoms with E-state index in [4.69, 9.17) is 14.5 Å². The summed E-state index contributed by atoms with van der Waals surface area (Å²) in [5.74, 6) is 0.685. The molecule has 0 amide bonds. The first-order valence-electron chi connectivity index (χ1n) is 10.3. The van der Waals surface area contributed by atoms with Gasteiger partial charge in [0, 0.05) is 44.7 Å². The molecule has 0 saturated carbocycles. The van der Waals surface area contributed by atoms with E-state index in [9.17, 15) is 0 Å². The van der Waals surface area contributed by atoms with Crippen LogP contribution in [0.1, 0.15) is 18.5 Å². The molecule has 1 aromatic carbocycles. The maximum absolute atomic E-state index is 6.37. The van der Waals surface area contributed by atoms with Gasteiger partial charge >= 0.3 is 0 Å². The van der Waals surface area contributed by atoms with Gasteiger partial charge < -0.3 is 9.47 Å². The molecule has 144 valence electrons. The minimum Gasteiger partial charge on any atom is -0.379 e. The maximum atomic E-state index is 6.37. The lowest BCUT2D eigenvalue weighted by atomic mass is 9.82. The van der Waals surface area contributed by atoms with Crippen molar-refractivity contribution in [2.45, 2.75) is 25.0 Å². The van der Waals surface area contributed by atoms with Crippen molar-refractivity contribution < 1.29 is 9.47 Å². The van der Waals surface area contributed by atoms with Gasteiger partial charge in [0.15, 0.2) is 0 Å². The number of hydrogen-bond acceptors (Lipinski definition) is 5.